The first-order chi connectivity index (χ1) is 7.81. The van der Waals surface area contributed by atoms with E-state index in [0.717, 1.165) is 38.9 Å². The van der Waals surface area contributed by atoms with Gasteiger partial charge in [0.2, 0.25) is 0 Å². The van der Waals surface area contributed by atoms with E-state index < -0.39 is 0 Å². The zero-order chi connectivity index (χ0) is 11.4. The van der Waals surface area contributed by atoms with Gasteiger partial charge in [0.25, 0.3) is 0 Å². The number of aliphatic hydroxyl groups excluding tert-OH is 1. The van der Waals surface area contributed by atoms with Crippen LogP contribution in [0.25, 0.3) is 0 Å². The Balaban J connectivity index is 1.71. The van der Waals surface area contributed by atoms with Crippen molar-refractivity contribution in [3.8, 4) is 0 Å². The summed E-state index contributed by atoms with van der Waals surface area (Å²) in [5.74, 6) is 0.353. The van der Waals surface area contributed by atoms with Gasteiger partial charge in [0.15, 0.2) is 0 Å². The molecule has 2 rings (SSSR count). The quantitative estimate of drug-likeness (QED) is 0.783. The van der Waals surface area contributed by atoms with E-state index in [1.54, 1.807) is 0 Å². The number of hydrogen-bond donors (Lipinski definition) is 1. The van der Waals surface area contributed by atoms with Crippen LogP contribution < -0.4 is 0 Å². The van der Waals surface area contributed by atoms with Crippen molar-refractivity contribution >= 4 is 0 Å². The monoisotopic (exact) mass is 228 g/mol. The summed E-state index contributed by atoms with van der Waals surface area (Å²) in [6, 6.07) is 0. The van der Waals surface area contributed by atoms with Crippen LogP contribution in [-0.2, 0) is 9.47 Å². The number of aliphatic hydroxyl groups is 1. The second-order valence-electron chi connectivity index (χ2n) is 5.05. The van der Waals surface area contributed by atoms with Crippen molar-refractivity contribution in [3.63, 3.8) is 0 Å². The van der Waals surface area contributed by atoms with Crippen LogP contribution in [0.15, 0.2) is 0 Å². The molecule has 2 aliphatic heterocycles. The minimum atomic E-state index is -0.198. The molecule has 0 aromatic carbocycles. The normalized spacial score (nSPS) is 36.8. The van der Waals surface area contributed by atoms with Crippen molar-refractivity contribution < 1.29 is 14.6 Å². The molecule has 0 amide bonds. The molecule has 0 aromatic heterocycles. The first-order valence-electron chi connectivity index (χ1n) is 6.72. The van der Waals surface area contributed by atoms with Crippen molar-refractivity contribution in [1.29, 1.82) is 0 Å². The highest BCUT2D eigenvalue weighted by molar-refractivity contribution is 4.82. The molecule has 0 aromatic rings. The van der Waals surface area contributed by atoms with Gasteiger partial charge in [0.1, 0.15) is 0 Å². The van der Waals surface area contributed by atoms with Crippen LogP contribution in [0.5, 0.6) is 0 Å². The number of ether oxygens (including phenoxy) is 2. The fourth-order valence-electron chi connectivity index (χ4n) is 2.97. The molecular formula is C13H24O3. The summed E-state index contributed by atoms with van der Waals surface area (Å²) in [7, 11) is 0. The molecule has 3 heteroatoms. The molecule has 4 atom stereocenters. The molecule has 1 N–H and O–H groups in total. The van der Waals surface area contributed by atoms with Crippen LogP contribution in [0.1, 0.15) is 45.4 Å². The van der Waals surface area contributed by atoms with Crippen LogP contribution in [0.3, 0.4) is 0 Å². The van der Waals surface area contributed by atoms with Crippen LogP contribution in [0.2, 0.25) is 0 Å². The van der Waals surface area contributed by atoms with E-state index in [1.165, 1.54) is 12.8 Å². The molecule has 0 bridgehead atoms. The first kappa shape index (κ1) is 12.3. The second kappa shape index (κ2) is 5.99. The average Bonchev–Trinajstić information content (AvgIpc) is 2.96. The largest absolute Gasteiger partial charge is 0.393 e. The maximum atomic E-state index is 10.2. The van der Waals surface area contributed by atoms with Gasteiger partial charge in [-0.15, -0.1) is 0 Å². The minimum absolute atomic E-state index is 0.198. The van der Waals surface area contributed by atoms with Crippen LogP contribution in [0, 0.1) is 5.92 Å². The summed E-state index contributed by atoms with van der Waals surface area (Å²) in [4.78, 5) is 0. The van der Waals surface area contributed by atoms with Gasteiger partial charge in [0.05, 0.1) is 18.3 Å². The van der Waals surface area contributed by atoms with Crippen molar-refractivity contribution in [1.82, 2.24) is 0 Å². The fourth-order valence-corrected chi connectivity index (χ4v) is 2.97. The highest BCUT2D eigenvalue weighted by Gasteiger charge is 2.32. The zero-order valence-electron chi connectivity index (χ0n) is 10.2. The van der Waals surface area contributed by atoms with Gasteiger partial charge in [-0.25, -0.2) is 0 Å². The Bertz CT molecular complexity index is 201. The van der Waals surface area contributed by atoms with Crippen LogP contribution in [0.4, 0.5) is 0 Å². The van der Waals surface area contributed by atoms with E-state index in [9.17, 15) is 5.11 Å². The minimum Gasteiger partial charge on any atom is -0.393 e. The SMILES string of the molecule is CCC1OCCC1C(O)CCC1CCCO1. The van der Waals surface area contributed by atoms with E-state index in [0.29, 0.717) is 12.0 Å². The molecule has 0 aliphatic carbocycles. The summed E-state index contributed by atoms with van der Waals surface area (Å²) in [5.41, 5.74) is 0. The van der Waals surface area contributed by atoms with Gasteiger partial charge < -0.3 is 14.6 Å². The Morgan fingerprint density at radius 1 is 1.25 bits per heavy atom. The van der Waals surface area contributed by atoms with Gasteiger partial charge in [0, 0.05) is 19.1 Å². The summed E-state index contributed by atoms with van der Waals surface area (Å²) < 4.78 is 11.2. The van der Waals surface area contributed by atoms with Gasteiger partial charge in [-0.1, -0.05) is 6.92 Å². The van der Waals surface area contributed by atoms with Crippen molar-refractivity contribution in [2.75, 3.05) is 13.2 Å². The average molecular weight is 228 g/mol. The third-order valence-electron chi connectivity index (χ3n) is 3.97. The van der Waals surface area contributed by atoms with E-state index in [1.807, 2.05) is 0 Å². The van der Waals surface area contributed by atoms with Gasteiger partial charge in [-0.2, -0.15) is 0 Å². The van der Waals surface area contributed by atoms with Gasteiger partial charge >= 0.3 is 0 Å². The summed E-state index contributed by atoms with van der Waals surface area (Å²) >= 11 is 0. The Morgan fingerprint density at radius 3 is 2.81 bits per heavy atom. The number of rotatable bonds is 5. The predicted octanol–water partition coefficient (Wildman–Crippen LogP) is 2.12. The van der Waals surface area contributed by atoms with E-state index in [4.69, 9.17) is 9.47 Å². The molecule has 0 spiro atoms. The molecule has 2 fully saturated rings. The highest BCUT2D eigenvalue weighted by Crippen LogP contribution is 2.29. The van der Waals surface area contributed by atoms with Crippen molar-refractivity contribution in [2.45, 2.75) is 63.8 Å². The molecule has 2 saturated heterocycles. The molecule has 2 aliphatic rings. The molecule has 4 unspecified atom stereocenters. The molecule has 2 heterocycles. The lowest BCUT2D eigenvalue weighted by Crippen LogP contribution is -2.28. The van der Waals surface area contributed by atoms with Crippen LogP contribution in [-0.4, -0.2) is 36.6 Å². The number of hydrogen-bond acceptors (Lipinski definition) is 3. The molecule has 0 saturated carbocycles. The van der Waals surface area contributed by atoms with Crippen molar-refractivity contribution in [2.24, 2.45) is 5.92 Å². The fraction of sp³-hybridized carbons (Fsp3) is 1.00. The third-order valence-corrected chi connectivity index (χ3v) is 3.97. The molecule has 16 heavy (non-hydrogen) atoms. The maximum Gasteiger partial charge on any atom is 0.0626 e. The Labute approximate surface area is 98.1 Å². The Hall–Kier alpha value is -0.120. The van der Waals surface area contributed by atoms with E-state index in [-0.39, 0.29) is 12.2 Å². The van der Waals surface area contributed by atoms with Crippen molar-refractivity contribution in [3.05, 3.63) is 0 Å². The summed E-state index contributed by atoms with van der Waals surface area (Å²) in [5, 5.41) is 10.2. The molecular weight excluding hydrogens is 204 g/mol. The lowest BCUT2D eigenvalue weighted by atomic mass is 9.90. The Morgan fingerprint density at radius 2 is 2.12 bits per heavy atom. The summed E-state index contributed by atoms with van der Waals surface area (Å²) in [6.45, 7) is 3.86. The molecule has 94 valence electrons. The van der Waals surface area contributed by atoms with Crippen LogP contribution >= 0.6 is 0 Å². The predicted molar refractivity (Wildman–Crippen MR) is 62.4 cm³/mol. The topological polar surface area (TPSA) is 38.7 Å². The first-order valence-corrected chi connectivity index (χ1v) is 6.72. The second-order valence-corrected chi connectivity index (χ2v) is 5.05. The van der Waals surface area contributed by atoms with E-state index >= 15 is 0 Å². The smallest absolute Gasteiger partial charge is 0.0626 e. The highest BCUT2D eigenvalue weighted by atomic mass is 16.5. The maximum absolute atomic E-state index is 10.2. The zero-order valence-corrected chi connectivity index (χ0v) is 10.2. The molecule has 0 radical (unpaired) electrons. The third kappa shape index (κ3) is 2.96. The van der Waals surface area contributed by atoms with Gasteiger partial charge in [-0.3, -0.25) is 0 Å². The van der Waals surface area contributed by atoms with Gasteiger partial charge in [-0.05, 0) is 38.5 Å². The lowest BCUT2D eigenvalue weighted by molar-refractivity contribution is 0.0172. The Kier molecular flexibility index (Phi) is 4.62. The van der Waals surface area contributed by atoms with E-state index in [2.05, 4.69) is 6.92 Å². The summed E-state index contributed by atoms with van der Waals surface area (Å²) in [6.07, 6.45) is 6.75. The standard InChI is InChI=1S/C13H24O3/c1-2-13-11(7-9-16-13)12(14)6-5-10-4-3-8-15-10/h10-14H,2-9H2,1H3. The lowest BCUT2D eigenvalue weighted by Gasteiger charge is -2.23. The molecule has 3 nitrogen and oxygen atoms in total.